The van der Waals surface area contributed by atoms with Gasteiger partial charge in [0.1, 0.15) is 0 Å². The number of halogens is 3. The van der Waals surface area contributed by atoms with Gasteiger partial charge in [-0.2, -0.15) is 13.2 Å². The van der Waals surface area contributed by atoms with Gasteiger partial charge in [0.25, 0.3) is 5.91 Å². The Morgan fingerprint density at radius 1 is 1.07 bits per heavy atom. The van der Waals surface area contributed by atoms with Crippen molar-refractivity contribution in [3.05, 3.63) is 53.1 Å². The van der Waals surface area contributed by atoms with Gasteiger partial charge in [-0.05, 0) is 49.9 Å². The molecule has 2 aromatic rings. The SMILES string of the molecule is Cc1ccc(NC(=O)c2cc(N3CCN(C)CC3)cc(C(F)(F)F)c2)cc1NC=O. The topological polar surface area (TPSA) is 64.7 Å². The molecule has 6 nitrogen and oxygen atoms in total. The van der Waals surface area contributed by atoms with Crippen LogP contribution in [0.2, 0.25) is 0 Å². The maximum absolute atomic E-state index is 13.4. The Morgan fingerprint density at radius 3 is 2.40 bits per heavy atom. The van der Waals surface area contributed by atoms with Gasteiger partial charge in [-0.15, -0.1) is 0 Å². The normalized spacial score (nSPS) is 15.0. The smallest absolute Gasteiger partial charge is 0.369 e. The summed E-state index contributed by atoms with van der Waals surface area (Å²) in [5.41, 5.74) is 1.09. The molecule has 0 radical (unpaired) electrons. The first-order valence-electron chi connectivity index (χ1n) is 9.45. The van der Waals surface area contributed by atoms with E-state index in [9.17, 15) is 22.8 Å². The van der Waals surface area contributed by atoms with Crippen molar-refractivity contribution >= 4 is 29.4 Å². The maximum Gasteiger partial charge on any atom is 0.416 e. The number of nitrogens with one attached hydrogen (secondary N) is 2. The summed E-state index contributed by atoms with van der Waals surface area (Å²) in [6.45, 7) is 4.41. The number of nitrogens with zero attached hydrogens (tertiary/aromatic N) is 2. The Labute approximate surface area is 172 Å². The highest BCUT2D eigenvalue weighted by atomic mass is 19.4. The average molecular weight is 420 g/mol. The minimum Gasteiger partial charge on any atom is -0.369 e. The number of carbonyl (C=O) groups excluding carboxylic acids is 2. The summed E-state index contributed by atoms with van der Waals surface area (Å²) in [6.07, 6.45) is -4.05. The zero-order valence-electron chi connectivity index (χ0n) is 16.7. The van der Waals surface area contributed by atoms with Gasteiger partial charge in [-0.25, -0.2) is 0 Å². The lowest BCUT2D eigenvalue weighted by molar-refractivity contribution is -0.137. The fourth-order valence-corrected chi connectivity index (χ4v) is 3.28. The van der Waals surface area contributed by atoms with Gasteiger partial charge in [-0.1, -0.05) is 6.07 Å². The standard InChI is InChI=1S/C21H23F3N4O2/c1-14-3-4-17(12-19(14)25-13-29)26-20(30)15-9-16(21(22,23)24)11-18(10-15)28-7-5-27(2)6-8-28/h3-4,9-13H,5-8H2,1-2H3,(H,25,29)(H,26,30). The van der Waals surface area contributed by atoms with Crippen molar-refractivity contribution < 1.29 is 22.8 Å². The van der Waals surface area contributed by atoms with E-state index < -0.39 is 17.6 Å². The van der Waals surface area contributed by atoms with Crippen LogP contribution in [0.15, 0.2) is 36.4 Å². The molecule has 30 heavy (non-hydrogen) atoms. The molecule has 3 rings (SSSR count). The Bertz CT molecular complexity index is 938. The number of likely N-dealkylation sites (N-methyl/N-ethyl adjacent to an activating group) is 1. The molecule has 2 N–H and O–H groups in total. The first-order valence-corrected chi connectivity index (χ1v) is 9.45. The molecule has 2 amide bonds. The first-order chi connectivity index (χ1) is 14.2. The van der Waals surface area contributed by atoms with Crippen LogP contribution >= 0.6 is 0 Å². The highest BCUT2D eigenvalue weighted by Gasteiger charge is 2.32. The predicted octanol–water partition coefficient (Wildman–Crippen LogP) is 3.59. The Morgan fingerprint density at radius 2 is 1.77 bits per heavy atom. The number of aryl methyl sites for hydroxylation is 1. The van der Waals surface area contributed by atoms with E-state index in [1.54, 1.807) is 25.1 Å². The van der Waals surface area contributed by atoms with E-state index in [2.05, 4.69) is 15.5 Å². The average Bonchev–Trinajstić information content (AvgIpc) is 2.70. The van der Waals surface area contributed by atoms with Crippen molar-refractivity contribution in [1.82, 2.24) is 4.90 Å². The van der Waals surface area contributed by atoms with Crippen LogP contribution < -0.4 is 15.5 Å². The van der Waals surface area contributed by atoms with E-state index >= 15 is 0 Å². The lowest BCUT2D eigenvalue weighted by Crippen LogP contribution is -2.44. The second-order valence-corrected chi connectivity index (χ2v) is 7.30. The zero-order chi connectivity index (χ0) is 21.9. The second kappa shape index (κ2) is 8.74. The fraction of sp³-hybridized carbons (Fsp3) is 0.333. The lowest BCUT2D eigenvalue weighted by Gasteiger charge is -2.34. The quantitative estimate of drug-likeness (QED) is 0.726. The van der Waals surface area contributed by atoms with Crippen molar-refractivity contribution in [3.63, 3.8) is 0 Å². The van der Waals surface area contributed by atoms with Crippen LogP contribution in [0.25, 0.3) is 0 Å². The number of benzene rings is 2. The van der Waals surface area contributed by atoms with Gasteiger partial charge in [0.05, 0.1) is 5.56 Å². The Kier molecular flexibility index (Phi) is 6.31. The van der Waals surface area contributed by atoms with E-state index in [1.807, 2.05) is 11.9 Å². The van der Waals surface area contributed by atoms with Crippen molar-refractivity contribution in [3.8, 4) is 0 Å². The monoisotopic (exact) mass is 420 g/mol. The molecule has 2 aromatic carbocycles. The number of hydrogen-bond donors (Lipinski definition) is 2. The van der Waals surface area contributed by atoms with Crippen LogP contribution in [0.4, 0.5) is 30.2 Å². The summed E-state index contributed by atoms with van der Waals surface area (Å²) >= 11 is 0. The van der Waals surface area contributed by atoms with Crippen molar-refractivity contribution in [2.45, 2.75) is 13.1 Å². The molecule has 1 fully saturated rings. The lowest BCUT2D eigenvalue weighted by atomic mass is 10.1. The maximum atomic E-state index is 13.4. The fourth-order valence-electron chi connectivity index (χ4n) is 3.28. The molecule has 0 bridgehead atoms. The van der Waals surface area contributed by atoms with Gasteiger partial charge < -0.3 is 20.4 Å². The molecule has 0 unspecified atom stereocenters. The summed E-state index contributed by atoms with van der Waals surface area (Å²) in [6, 6.07) is 8.29. The summed E-state index contributed by atoms with van der Waals surface area (Å²) in [5.74, 6) is -0.655. The first kappa shape index (κ1) is 21.6. The van der Waals surface area contributed by atoms with Crippen LogP contribution in [-0.2, 0) is 11.0 Å². The van der Waals surface area contributed by atoms with Crippen LogP contribution in [0, 0.1) is 6.92 Å². The highest BCUT2D eigenvalue weighted by molar-refractivity contribution is 6.05. The third-order valence-electron chi connectivity index (χ3n) is 5.09. The van der Waals surface area contributed by atoms with Gasteiger partial charge in [0.15, 0.2) is 0 Å². The zero-order valence-corrected chi connectivity index (χ0v) is 16.7. The van der Waals surface area contributed by atoms with Crippen molar-refractivity contribution in [1.29, 1.82) is 0 Å². The van der Waals surface area contributed by atoms with Gasteiger partial charge in [0, 0.05) is 48.8 Å². The minimum atomic E-state index is -4.57. The molecule has 0 spiro atoms. The minimum absolute atomic E-state index is 0.0794. The molecular formula is C21H23F3N4O2. The van der Waals surface area contributed by atoms with E-state index in [4.69, 9.17) is 0 Å². The molecule has 0 aliphatic carbocycles. The molecule has 1 aliphatic rings. The molecule has 160 valence electrons. The Balaban J connectivity index is 1.90. The number of rotatable bonds is 5. The molecule has 1 heterocycles. The molecule has 0 aromatic heterocycles. The molecule has 0 saturated carbocycles. The second-order valence-electron chi connectivity index (χ2n) is 7.30. The summed E-state index contributed by atoms with van der Waals surface area (Å²) in [7, 11) is 1.96. The van der Waals surface area contributed by atoms with Crippen LogP contribution in [0.1, 0.15) is 21.5 Å². The Hall–Kier alpha value is -3.07. The molecule has 1 saturated heterocycles. The van der Waals surface area contributed by atoms with Gasteiger partial charge in [-0.3, -0.25) is 9.59 Å². The number of alkyl halides is 3. The van der Waals surface area contributed by atoms with Crippen molar-refractivity contribution in [2.24, 2.45) is 0 Å². The highest BCUT2D eigenvalue weighted by Crippen LogP contribution is 2.33. The number of hydrogen-bond acceptors (Lipinski definition) is 4. The largest absolute Gasteiger partial charge is 0.416 e. The van der Waals surface area contributed by atoms with Gasteiger partial charge >= 0.3 is 6.18 Å². The number of amides is 2. The molecular weight excluding hydrogens is 397 g/mol. The van der Waals surface area contributed by atoms with E-state index in [1.165, 1.54) is 6.07 Å². The predicted molar refractivity (Wildman–Crippen MR) is 110 cm³/mol. The van der Waals surface area contributed by atoms with Crippen LogP contribution in [0.3, 0.4) is 0 Å². The third-order valence-corrected chi connectivity index (χ3v) is 5.09. The van der Waals surface area contributed by atoms with Crippen LogP contribution in [-0.4, -0.2) is 50.4 Å². The molecule has 0 atom stereocenters. The summed E-state index contributed by atoms with van der Waals surface area (Å²) in [5, 5.41) is 5.13. The third kappa shape index (κ3) is 5.10. The number of anilines is 3. The van der Waals surface area contributed by atoms with Crippen molar-refractivity contribution in [2.75, 3.05) is 48.8 Å². The summed E-state index contributed by atoms with van der Waals surface area (Å²) in [4.78, 5) is 27.4. The number of piperazine rings is 1. The summed E-state index contributed by atoms with van der Waals surface area (Å²) < 4.78 is 40.3. The van der Waals surface area contributed by atoms with E-state index in [0.717, 1.165) is 30.8 Å². The number of carbonyl (C=O) groups is 2. The molecule has 9 heteroatoms. The van der Waals surface area contributed by atoms with E-state index in [0.29, 0.717) is 36.6 Å². The molecule has 1 aliphatic heterocycles. The van der Waals surface area contributed by atoms with Gasteiger partial charge in [0.2, 0.25) is 6.41 Å². The van der Waals surface area contributed by atoms with Crippen LogP contribution in [0.5, 0.6) is 0 Å². The van der Waals surface area contributed by atoms with E-state index in [-0.39, 0.29) is 5.56 Å².